The fourth-order valence-electron chi connectivity index (χ4n) is 2.74. The van der Waals surface area contributed by atoms with Crippen molar-refractivity contribution in [2.24, 2.45) is 0 Å². The van der Waals surface area contributed by atoms with Gasteiger partial charge in [0, 0.05) is 10.5 Å². The van der Waals surface area contributed by atoms with Crippen molar-refractivity contribution in [1.82, 2.24) is 15.1 Å². The predicted molar refractivity (Wildman–Crippen MR) is 114 cm³/mol. The molecule has 2 aromatic carbocycles. The van der Waals surface area contributed by atoms with Crippen LogP contribution in [0, 0.1) is 0 Å². The smallest absolute Gasteiger partial charge is 0.247 e. The highest BCUT2D eigenvalue weighted by Crippen LogP contribution is 2.26. The minimum atomic E-state index is -0.212. The molecule has 0 spiro atoms. The number of ether oxygens (including phenoxy) is 1. The molecule has 7 nitrogen and oxygen atoms in total. The number of likely N-dealkylation sites (N-methyl/N-ethyl adjacent to an activating group) is 1. The third kappa shape index (κ3) is 5.16. The van der Waals surface area contributed by atoms with Crippen molar-refractivity contribution >= 4 is 23.4 Å². The topological polar surface area (TPSA) is 80.5 Å². The van der Waals surface area contributed by atoms with Crippen LogP contribution in [0.3, 0.4) is 0 Å². The highest BCUT2D eigenvalue weighted by molar-refractivity contribution is 7.98. The first-order chi connectivity index (χ1) is 14.0. The molecule has 0 saturated heterocycles. The van der Waals surface area contributed by atoms with E-state index < -0.39 is 0 Å². The summed E-state index contributed by atoms with van der Waals surface area (Å²) in [6.07, 6.45) is 1.98. The van der Waals surface area contributed by atoms with Crippen LogP contribution >= 0.6 is 11.8 Å². The van der Waals surface area contributed by atoms with Gasteiger partial charge in [-0.25, -0.2) is 0 Å². The summed E-state index contributed by atoms with van der Waals surface area (Å²) in [6, 6.07) is 14.9. The summed E-state index contributed by atoms with van der Waals surface area (Å²) in [6.45, 7) is 2.12. The van der Waals surface area contributed by atoms with Gasteiger partial charge in [-0.2, -0.15) is 0 Å². The van der Waals surface area contributed by atoms with Crippen molar-refractivity contribution in [1.29, 1.82) is 0 Å². The van der Waals surface area contributed by atoms with E-state index in [-0.39, 0.29) is 18.5 Å². The molecule has 1 aromatic heterocycles. The number of anilines is 1. The van der Waals surface area contributed by atoms with Crippen LogP contribution in [-0.2, 0) is 4.79 Å². The Bertz CT molecular complexity index is 959. The molecule has 0 saturated carbocycles. The lowest BCUT2D eigenvalue weighted by molar-refractivity contribution is -0.117. The standard InChI is InChI=1S/C21H24N4O3S/c1-14(20-23-24-21(28-20)15-9-11-16(27-3)12-10-15)25(2)13-19(26)22-17-7-5-6-8-18(17)29-4/h5-12,14H,13H2,1-4H3,(H,22,26)/t14-/m0/s1. The van der Waals surface area contributed by atoms with E-state index in [9.17, 15) is 4.79 Å². The van der Waals surface area contributed by atoms with Crippen LogP contribution < -0.4 is 10.1 Å². The molecule has 0 aliphatic rings. The summed E-state index contributed by atoms with van der Waals surface area (Å²) in [4.78, 5) is 15.4. The Kier molecular flexibility index (Phi) is 6.90. The van der Waals surface area contributed by atoms with Gasteiger partial charge in [0.15, 0.2) is 0 Å². The van der Waals surface area contributed by atoms with Crippen LogP contribution in [0.5, 0.6) is 5.75 Å². The number of aromatic nitrogens is 2. The highest BCUT2D eigenvalue weighted by Gasteiger charge is 2.21. The fraction of sp³-hybridized carbons (Fsp3) is 0.286. The van der Waals surface area contributed by atoms with Crippen LogP contribution in [-0.4, -0.2) is 48.0 Å². The first-order valence-corrected chi connectivity index (χ1v) is 10.3. The van der Waals surface area contributed by atoms with Crippen molar-refractivity contribution in [3.63, 3.8) is 0 Å². The summed E-state index contributed by atoms with van der Waals surface area (Å²) in [7, 11) is 3.47. The summed E-state index contributed by atoms with van der Waals surface area (Å²) < 4.78 is 11.0. The molecule has 1 atom stereocenters. The molecule has 1 heterocycles. The van der Waals surface area contributed by atoms with Gasteiger partial charge in [0.1, 0.15) is 5.75 Å². The number of methoxy groups -OCH3 is 1. The predicted octanol–water partition coefficient (Wildman–Crippen LogP) is 4.10. The Balaban J connectivity index is 1.63. The summed E-state index contributed by atoms with van der Waals surface area (Å²) in [5.41, 5.74) is 1.62. The number of amides is 1. The van der Waals surface area contributed by atoms with Crippen LogP contribution in [0.2, 0.25) is 0 Å². The molecule has 8 heteroatoms. The van der Waals surface area contributed by atoms with Crippen molar-refractivity contribution in [3.8, 4) is 17.2 Å². The first-order valence-electron chi connectivity index (χ1n) is 9.12. The Labute approximate surface area is 174 Å². The van der Waals surface area contributed by atoms with Crippen molar-refractivity contribution < 1.29 is 13.9 Å². The lowest BCUT2D eigenvalue weighted by Crippen LogP contribution is -2.32. The van der Waals surface area contributed by atoms with E-state index in [1.165, 1.54) is 0 Å². The van der Waals surface area contributed by atoms with Gasteiger partial charge in [-0.15, -0.1) is 22.0 Å². The van der Waals surface area contributed by atoms with Crippen molar-refractivity contribution in [2.75, 3.05) is 32.3 Å². The molecule has 0 bridgehead atoms. The number of benzene rings is 2. The van der Waals surface area contributed by atoms with Gasteiger partial charge in [0.05, 0.1) is 25.4 Å². The summed E-state index contributed by atoms with van der Waals surface area (Å²) in [5.74, 6) is 1.54. The number of hydrogen-bond acceptors (Lipinski definition) is 7. The zero-order chi connectivity index (χ0) is 20.8. The number of carbonyl (C=O) groups excluding carboxylic acids is 1. The quantitative estimate of drug-likeness (QED) is 0.558. The van der Waals surface area contributed by atoms with E-state index in [1.54, 1.807) is 18.9 Å². The van der Waals surface area contributed by atoms with Crippen LogP contribution in [0.15, 0.2) is 57.8 Å². The van der Waals surface area contributed by atoms with E-state index in [0.717, 1.165) is 21.9 Å². The average Bonchev–Trinajstić information content (AvgIpc) is 3.23. The van der Waals surface area contributed by atoms with Crippen molar-refractivity contribution in [2.45, 2.75) is 17.9 Å². The number of hydrogen-bond donors (Lipinski definition) is 1. The molecule has 0 radical (unpaired) electrons. The molecular formula is C21H24N4O3S. The first kappa shape index (κ1) is 20.9. The second-order valence-corrected chi connectivity index (χ2v) is 7.36. The van der Waals surface area contributed by atoms with Gasteiger partial charge >= 0.3 is 0 Å². The van der Waals surface area contributed by atoms with Crippen molar-refractivity contribution in [3.05, 3.63) is 54.4 Å². The second-order valence-electron chi connectivity index (χ2n) is 6.51. The maximum absolute atomic E-state index is 12.5. The number of thioether (sulfide) groups is 1. The number of nitrogens with one attached hydrogen (secondary N) is 1. The van der Waals surface area contributed by atoms with E-state index in [1.807, 2.05) is 73.7 Å². The average molecular weight is 413 g/mol. The van der Waals surface area contributed by atoms with Gasteiger partial charge in [0.2, 0.25) is 17.7 Å². The minimum Gasteiger partial charge on any atom is -0.497 e. The number of carbonyl (C=O) groups is 1. The molecule has 29 heavy (non-hydrogen) atoms. The van der Waals surface area contributed by atoms with E-state index in [0.29, 0.717) is 11.8 Å². The Morgan fingerprint density at radius 1 is 1.21 bits per heavy atom. The van der Waals surface area contributed by atoms with Gasteiger partial charge < -0.3 is 14.5 Å². The van der Waals surface area contributed by atoms with Gasteiger partial charge in [0.25, 0.3) is 0 Å². The summed E-state index contributed by atoms with van der Waals surface area (Å²) in [5, 5.41) is 11.2. The number of rotatable bonds is 8. The monoisotopic (exact) mass is 412 g/mol. The molecule has 0 aliphatic carbocycles. The van der Waals surface area contributed by atoms with E-state index in [4.69, 9.17) is 9.15 Å². The Morgan fingerprint density at radius 2 is 1.93 bits per heavy atom. The zero-order valence-electron chi connectivity index (χ0n) is 16.9. The molecule has 152 valence electrons. The lowest BCUT2D eigenvalue weighted by Gasteiger charge is -2.21. The zero-order valence-corrected chi connectivity index (χ0v) is 17.7. The Morgan fingerprint density at radius 3 is 2.62 bits per heavy atom. The van der Waals surface area contributed by atoms with Gasteiger partial charge in [-0.05, 0) is 56.6 Å². The maximum atomic E-state index is 12.5. The normalized spacial score (nSPS) is 12.0. The molecule has 0 unspecified atom stereocenters. The highest BCUT2D eigenvalue weighted by atomic mass is 32.2. The number of nitrogens with zero attached hydrogens (tertiary/aromatic N) is 3. The van der Waals surface area contributed by atoms with Gasteiger partial charge in [-0.3, -0.25) is 9.69 Å². The van der Waals surface area contributed by atoms with Crippen LogP contribution in [0.1, 0.15) is 18.9 Å². The fourth-order valence-corrected chi connectivity index (χ4v) is 3.30. The molecule has 1 amide bonds. The molecule has 3 rings (SSSR count). The number of para-hydroxylation sites is 1. The lowest BCUT2D eigenvalue weighted by atomic mass is 10.2. The third-order valence-electron chi connectivity index (χ3n) is 4.57. The third-order valence-corrected chi connectivity index (χ3v) is 5.37. The SMILES string of the molecule is COc1ccc(-c2nnc([C@H](C)N(C)CC(=O)Nc3ccccc3SC)o2)cc1. The molecule has 0 aliphatic heterocycles. The maximum Gasteiger partial charge on any atom is 0.247 e. The Hall–Kier alpha value is -2.84. The molecule has 1 N–H and O–H groups in total. The summed E-state index contributed by atoms with van der Waals surface area (Å²) >= 11 is 1.59. The largest absolute Gasteiger partial charge is 0.497 e. The minimum absolute atomic E-state index is 0.101. The van der Waals surface area contributed by atoms with E-state index >= 15 is 0 Å². The second kappa shape index (κ2) is 9.58. The molecular weight excluding hydrogens is 388 g/mol. The van der Waals surface area contributed by atoms with Gasteiger partial charge in [-0.1, -0.05) is 12.1 Å². The molecule has 0 fully saturated rings. The molecule has 3 aromatic rings. The van der Waals surface area contributed by atoms with E-state index in [2.05, 4.69) is 15.5 Å². The van der Waals surface area contributed by atoms with Crippen LogP contribution in [0.25, 0.3) is 11.5 Å². The van der Waals surface area contributed by atoms with Crippen LogP contribution in [0.4, 0.5) is 5.69 Å².